The van der Waals surface area contributed by atoms with Crippen LogP contribution >= 0.6 is 0 Å². The van der Waals surface area contributed by atoms with Crippen LogP contribution in [0, 0.1) is 11.3 Å². The monoisotopic (exact) mass is 276 g/mol. The van der Waals surface area contributed by atoms with Crippen molar-refractivity contribution in [1.29, 1.82) is 0 Å². The summed E-state index contributed by atoms with van der Waals surface area (Å²) >= 11 is 0. The van der Waals surface area contributed by atoms with Gasteiger partial charge >= 0.3 is 5.97 Å². The molecule has 1 aliphatic rings. The standard InChI is InChI=1S/C17H24O3/c1-12(8-9-18)6-7-16-13(2)10-15(20-14(3)19)11-17(16,4)5/h6-10,15-16H,11H2,1-5H3/b7-6+,12-8+/t15-,16-/m1/s1. The molecule has 0 aromatic carbocycles. The minimum atomic E-state index is -0.242. The Kier molecular flexibility index (Phi) is 5.49. The molecule has 0 fully saturated rings. The van der Waals surface area contributed by atoms with Crippen LogP contribution in [0.3, 0.4) is 0 Å². The molecule has 0 bridgehead atoms. The lowest BCUT2D eigenvalue weighted by Crippen LogP contribution is -2.34. The van der Waals surface area contributed by atoms with Crippen molar-refractivity contribution in [2.45, 2.75) is 47.1 Å². The van der Waals surface area contributed by atoms with Gasteiger partial charge in [-0.05, 0) is 43.4 Å². The van der Waals surface area contributed by atoms with Crippen LogP contribution in [0.4, 0.5) is 0 Å². The van der Waals surface area contributed by atoms with E-state index in [2.05, 4.69) is 26.8 Å². The second kappa shape index (κ2) is 6.69. The number of rotatable bonds is 4. The molecule has 20 heavy (non-hydrogen) atoms. The first-order valence-electron chi connectivity index (χ1n) is 6.92. The van der Waals surface area contributed by atoms with E-state index in [9.17, 15) is 9.59 Å². The fourth-order valence-corrected chi connectivity index (χ4v) is 2.83. The van der Waals surface area contributed by atoms with E-state index in [0.717, 1.165) is 18.3 Å². The van der Waals surface area contributed by atoms with E-state index in [0.29, 0.717) is 0 Å². The molecule has 110 valence electrons. The fraction of sp³-hybridized carbons (Fsp3) is 0.529. The van der Waals surface area contributed by atoms with Gasteiger partial charge in [0.1, 0.15) is 12.4 Å². The Bertz CT molecular complexity index is 467. The summed E-state index contributed by atoms with van der Waals surface area (Å²) in [6.45, 7) is 9.75. The second-order valence-corrected chi connectivity index (χ2v) is 6.13. The van der Waals surface area contributed by atoms with Crippen LogP contribution < -0.4 is 0 Å². The van der Waals surface area contributed by atoms with Gasteiger partial charge in [-0.2, -0.15) is 0 Å². The highest BCUT2D eigenvalue weighted by atomic mass is 16.5. The summed E-state index contributed by atoms with van der Waals surface area (Å²) in [6.07, 6.45) is 9.14. The van der Waals surface area contributed by atoms with Gasteiger partial charge in [-0.15, -0.1) is 0 Å². The highest BCUT2D eigenvalue weighted by Gasteiger charge is 2.36. The molecule has 2 atom stereocenters. The van der Waals surface area contributed by atoms with Gasteiger partial charge in [0.15, 0.2) is 0 Å². The van der Waals surface area contributed by atoms with Crippen LogP contribution in [0.2, 0.25) is 0 Å². The molecule has 0 aromatic rings. The van der Waals surface area contributed by atoms with E-state index >= 15 is 0 Å². The van der Waals surface area contributed by atoms with Gasteiger partial charge in [0.05, 0.1) is 0 Å². The molecule has 0 aromatic heterocycles. The number of hydrogen-bond donors (Lipinski definition) is 0. The maximum absolute atomic E-state index is 11.1. The smallest absolute Gasteiger partial charge is 0.303 e. The molecule has 0 heterocycles. The van der Waals surface area contributed by atoms with Gasteiger partial charge in [-0.1, -0.05) is 31.6 Å². The van der Waals surface area contributed by atoms with Crippen molar-refractivity contribution in [3.8, 4) is 0 Å². The van der Waals surface area contributed by atoms with Crippen molar-refractivity contribution in [3.63, 3.8) is 0 Å². The van der Waals surface area contributed by atoms with Crippen molar-refractivity contribution in [2.75, 3.05) is 0 Å². The second-order valence-electron chi connectivity index (χ2n) is 6.13. The molecule has 1 aliphatic carbocycles. The van der Waals surface area contributed by atoms with E-state index in [1.165, 1.54) is 12.5 Å². The molecule has 0 aliphatic heterocycles. The quantitative estimate of drug-likeness (QED) is 0.259. The number of aldehydes is 1. The Morgan fingerprint density at radius 3 is 2.55 bits per heavy atom. The zero-order valence-corrected chi connectivity index (χ0v) is 13.0. The van der Waals surface area contributed by atoms with E-state index in [1.54, 1.807) is 6.08 Å². The van der Waals surface area contributed by atoms with E-state index in [1.807, 2.05) is 19.1 Å². The molecule has 0 saturated heterocycles. The maximum Gasteiger partial charge on any atom is 0.303 e. The third kappa shape index (κ3) is 4.48. The zero-order chi connectivity index (χ0) is 15.3. The Morgan fingerprint density at radius 1 is 1.40 bits per heavy atom. The van der Waals surface area contributed by atoms with Crippen LogP contribution in [0.1, 0.15) is 41.0 Å². The lowest BCUT2D eigenvalue weighted by molar-refractivity contribution is -0.145. The topological polar surface area (TPSA) is 43.4 Å². The van der Waals surface area contributed by atoms with Crippen molar-refractivity contribution in [3.05, 3.63) is 35.5 Å². The average molecular weight is 276 g/mol. The van der Waals surface area contributed by atoms with Gasteiger partial charge in [-0.3, -0.25) is 9.59 Å². The third-order valence-corrected chi connectivity index (χ3v) is 3.71. The average Bonchev–Trinajstić information content (AvgIpc) is 2.25. The summed E-state index contributed by atoms with van der Waals surface area (Å²) < 4.78 is 5.31. The van der Waals surface area contributed by atoms with E-state index in [4.69, 9.17) is 4.74 Å². The summed E-state index contributed by atoms with van der Waals surface area (Å²) in [5.74, 6) is 0.0397. The highest BCUT2D eigenvalue weighted by Crippen LogP contribution is 2.42. The van der Waals surface area contributed by atoms with Crippen molar-refractivity contribution in [1.82, 2.24) is 0 Å². The van der Waals surface area contributed by atoms with Crippen LogP contribution in [-0.2, 0) is 14.3 Å². The molecule has 0 spiro atoms. The van der Waals surface area contributed by atoms with Gasteiger partial charge < -0.3 is 4.74 Å². The normalized spacial score (nSPS) is 26.2. The number of hydrogen-bond acceptors (Lipinski definition) is 3. The first-order chi connectivity index (χ1) is 9.26. The molecular formula is C17H24O3. The molecular weight excluding hydrogens is 252 g/mol. The molecule has 0 amide bonds. The van der Waals surface area contributed by atoms with Crippen LogP contribution in [0.25, 0.3) is 0 Å². The van der Waals surface area contributed by atoms with Crippen LogP contribution in [0.15, 0.2) is 35.5 Å². The molecule has 3 heteroatoms. The summed E-state index contributed by atoms with van der Waals surface area (Å²) in [7, 11) is 0. The van der Waals surface area contributed by atoms with Crippen molar-refractivity contribution in [2.24, 2.45) is 11.3 Å². The molecule has 0 saturated carbocycles. The van der Waals surface area contributed by atoms with Crippen LogP contribution in [0.5, 0.6) is 0 Å². The lowest BCUT2D eigenvalue weighted by atomic mass is 9.67. The first-order valence-corrected chi connectivity index (χ1v) is 6.92. The predicted octanol–water partition coefficient (Wildman–Crippen LogP) is 3.61. The van der Waals surface area contributed by atoms with Gasteiger partial charge in [-0.25, -0.2) is 0 Å². The summed E-state index contributed by atoms with van der Waals surface area (Å²) in [4.78, 5) is 21.5. The first kappa shape index (κ1) is 16.4. The molecule has 0 unspecified atom stereocenters. The molecule has 0 N–H and O–H groups in total. The minimum absolute atomic E-state index is 0.0108. The van der Waals surface area contributed by atoms with Crippen LogP contribution in [-0.4, -0.2) is 18.4 Å². The van der Waals surface area contributed by atoms with E-state index < -0.39 is 0 Å². The number of allylic oxidation sites excluding steroid dienone is 5. The van der Waals surface area contributed by atoms with Crippen molar-refractivity contribution >= 4 is 12.3 Å². The summed E-state index contributed by atoms with van der Waals surface area (Å²) in [5.41, 5.74) is 2.14. The molecule has 0 radical (unpaired) electrons. The SMILES string of the molecule is CC(=O)O[C@@H]1C=C(C)[C@@H](/C=C/C(C)=C/C=O)C(C)(C)C1. The molecule has 1 rings (SSSR count). The minimum Gasteiger partial charge on any atom is -0.458 e. The Morgan fingerprint density at radius 2 is 2.05 bits per heavy atom. The number of carbonyl (C=O) groups excluding carboxylic acids is 2. The molecule has 3 nitrogen and oxygen atoms in total. The summed E-state index contributed by atoms with van der Waals surface area (Å²) in [6, 6.07) is 0. The Balaban J connectivity index is 2.94. The third-order valence-electron chi connectivity index (χ3n) is 3.71. The number of ether oxygens (including phenoxy) is 1. The summed E-state index contributed by atoms with van der Waals surface area (Å²) in [5, 5.41) is 0. The Labute approximate surface area is 121 Å². The maximum atomic E-state index is 11.1. The lowest BCUT2D eigenvalue weighted by Gasteiger charge is -2.39. The number of carbonyl (C=O) groups is 2. The van der Waals surface area contributed by atoms with E-state index in [-0.39, 0.29) is 23.4 Å². The van der Waals surface area contributed by atoms with Gasteiger partial charge in [0.25, 0.3) is 0 Å². The predicted molar refractivity (Wildman–Crippen MR) is 80.2 cm³/mol. The largest absolute Gasteiger partial charge is 0.458 e. The Hall–Kier alpha value is -1.64. The number of esters is 1. The fourth-order valence-electron chi connectivity index (χ4n) is 2.83. The van der Waals surface area contributed by atoms with Gasteiger partial charge in [0, 0.05) is 12.8 Å². The highest BCUT2D eigenvalue weighted by molar-refractivity contribution is 5.67. The zero-order valence-electron chi connectivity index (χ0n) is 13.0. The van der Waals surface area contributed by atoms with Gasteiger partial charge in [0.2, 0.25) is 0 Å². The van der Waals surface area contributed by atoms with Crippen molar-refractivity contribution < 1.29 is 14.3 Å².